The molecule has 3 N–H and O–H groups in total. The van der Waals surface area contributed by atoms with E-state index in [0.29, 0.717) is 0 Å². The Morgan fingerprint density at radius 3 is 2.52 bits per heavy atom. The molecule has 1 aliphatic carbocycles. The molecule has 2 atom stereocenters. The van der Waals surface area contributed by atoms with E-state index in [-0.39, 0.29) is 24.3 Å². The molecule has 0 saturated heterocycles. The van der Waals surface area contributed by atoms with Gasteiger partial charge < -0.3 is 20.5 Å². The van der Waals surface area contributed by atoms with Gasteiger partial charge in [-0.15, -0.1) is 0 Å². The molecule has 1 aromatic rings. The zero-order valence-electron chi connectivity index (χ0n) is 13.1. The number of rotatable bonds is 4. The first kappa shape index (κ1) is 17.5. The second-order valence-corrected chi connectivity index (χ2v) is 5.76. The molecular formula is C16H22F2N2O3. The van der Waals surface area contributed by atoms with E-state index in [0.717, 1.165) is 44.2 Å². The molecule has 23 heavy (non-hydrogen) atoms. The van der Waals surface area contributed by atoms with Crippen LogP contribution in [0.2, 0.25) is 0 Å². The summed E-state index contributed by atoms with van der Waals surface area (Å²) in [6.07, 6.45) is 4.72. The average Bonchev–Trinajstić information content (AvgIpc) is 2.71. The molecule has 0 aliphatic heterocycles. The van der Waals surface area contributed by atoms with Gasteiger partial charge in [0.25, 0.3) is 0 Å². The Bertz CT molecular complexity index is 531. The molecule has 1 saturated carbocycles. The van der Waals surface area contributed by atoms with Crippen molar-refractivity contribution in [3.63, 3.8) is 0 Å². The third-order valence-electron chi connectivity index (χ3n) is 4.17. The number of carbonyl (C=O) groups excluding carboxylic acids is 1. The lowest BCUT2D eigenvalue weighted by Crippen LogP contribution is -2.43. The van der Waals surface area contributed by atoms with Crippen molar-refractivity contribution in [2.45, 2.75) is 38.1 Å². The average molecular weight is 328 g/mol. The van der Waals surface area contributed by atoms with Gasteiger partial charge in [0.05, 0.1) is 7.11 Å². The summed E-state index contributed by atoms with van der Waals surface area (Å²) in [4.78, 5) is 12.1. The van der Waals surface area contributed by atoms with Gasteiger partial charge in [-0.1, -0.05) is 19.3 Å². The largest absolute Gasteiger partial charge is 0.491 e. The second-order valence-electron chi connectivity index (χ2n) is 5.76. The van der Waals surface area contributed by atoms with Gasteiger partial charge in [-0.3, -0.25) is 0 Å². The topological polar surface area (TPSA) is 70.6 Å². The number of anilines is 1. The first-order valence-corrected chi connectivity index (χ1v) is 7.76. The van der Waals surface area contributed by atoms with Gasteiger partial charge in [0.15, 0.2) is 17.4 Å². The summed E-state index contributed by atoms with van der Waals surface area (Å²) in [5, 5.41) is 14.6. The van der Waals surface area contributed by atoms with Crippen LogP contribution in [0.4, 0.5) is 19.3 Å². The number of nitrogens with one attached hydrogen (secondary N) is 2. The monoisotopic (exact) mass is 328 g/mol. The summed E-state index contributed by atoms with van der Waals surface area (Å²) >= 11 is 0. The molecule has 0 aromatic heterocycles. The van der Waals surface area contributed by atoms with Crippen molar-refractivity contribution >= 4 is 11.7 Å². The van der Waals surface area contributed by atoms with E-state index >= 15 is 0 Å². The van der Waals surface area contributed by atoms with E-state index in [9.17, 15) is 18.7 Å². The fraction of sp³-hybridized carbons (Fsp3) is 0.562. The molecule has 1 fully saturated rings. The van der Waals surface area contributed by atoms with E-state index in [4.69, 9.17) is 0 Å². The lowest BCUT2D eigenvalue weighted by Gasteiger charge is -2.24. The second kappa shape index (κ2) is 8.10. The van der Waals surface area contributed by atoms with Gasteiger partial charge in [-0.25, -0.2) is 13.6 Å². The van der Waals surface area contributed by atoms with E-state index in [1.807, 2.05) is 0 Å². The van der Waals surface area contributed by atoms with Crippen molar-refractivity contribution < 1.29 is 23.4 Å². The SMILES string of the molecule is COc1c(F)cc(NC(=O)NC2CCCCCC2CO)cc1F. The number of benzene rings is 1. The maximum Gasteiger partial charge on any atom is 0.319 e. The van der Waals surface area contributed by atoms with Crippen LogP contribution in [0.15, 0.2) is 12.1 Å². The van der Waals surface area contributed by atoms with E-state index in [2.05, 4.69) is 15.4 Å². The van der Waals surface area contributed by atoms with Crippen LogP contribution < -0.4 is 15.4 Å². The Balaban J connectivity index is 2.01. The summed E-state index contributed by atoms with van der Waals surface area (Å²) in [6, 6.07) is 1.31. The van der Waals surface area contributed by atoms with Crippen LogP contribution in [0.5, 0.6) is 5.75 Å². The molecule has 2 amide bonds. The minimum atomic E-state index is -0.884. The molecule has 0 bridgehead atoms. The highest BCUT2D eigenvalue weighted by atomic mass is 19.1. The predicted octanol–water partition coefficient (Wildman–Crippen LogP) is 3.04. The Morgan fingerprint density at radius 2 is 1.91 bits per heavy atom. The fourth-order valence-corrected chi connectivity index (χ4v) is 2.96. The van der Waals surface area contributed by atoms with Crippen LogP contribution in [-0.2, 0) is 0 Å². The number of aliphatic hydroxyl groups excluding tert-OH is 1. The lowest BCUT2D eigenvalue weighted by molar-refractivity contribution is 0.182. The van der Waals surface area contributed by atoms with E-state index < -0.39 is 23.4 Å². The Hall–Kier alpha value is -1.89. The van der Waals surface area contributed by atoms with Crippen molar-refractivity contribution in [1.82, 2.24) is 5.32 Å². The molecule has 1 aliphatic rings. The maximum atomic E-state index is 13.6. The number of ether oxygens (including phenoxy) is 1. The van der Waals surface area contributed by atoms with Crippen LogP contribution in [0.1, 0.15) is 32.1 Å². The number of hydrogen-bond acceptors (Lipinski definition) is 3. The quantitative estimate of drug-likeness (QED) is 0.744. The Morgan fingerprint density at radius 1 is 1.26 bits per heavy atom. The number of urea groups is 1. The van der Waals surface area contributed by atoms with Gasteiger partial charge >= 0.3 is 6.03 Å². The van der Waals surface area contributed by atoms with Crippen molar-refractivity contribution in [3.05, 3.63) is 23.8 Å². The van der Waals surface area contributed by atoms with Gasteiger partial charge in [-0.05, 0) is 12.8 Å². The van der Waals surface area contributed by atoms with Gasteiger partial charge in [0, 0.05) is 36.4 Å². The van der Waals surface area contributed by atoms with Crippen LogP contribution in [0.25, 0.3) is 0 Å². The molecule has 1 aromatic carbocycles. The summed E-state index contributed by atoms with van der Waals surface area (Å²) in [7, 11) is 1.17. The molecule has 0 spiro atoms. The number of hydrogen-bond donors (Lipinski definition) is 3. The first-order chi connectivity index (χ1) is 11.0. The standard InChI is InChI=1S/C16H22F2N2O3/c1-23-15-12(17)7-11(8-13(15)18)19-16(22)20-14-6-4-2-3-5-10(14)9-21/h7-8,10,14,21H,2-6,9H2,1H3,(H2,19,20,22). The van der Waals surface area contributed by atoms with Crippen molar-refractivity contribution in [1.29, 1.82) is 0 Å². The van der Waals surface area contributed by atoms with Crippen molar-refractivity contribution in [2.24, 2.45) is 5.92 Å². The summed E-state index contributed by atoms with van der Waals surface area (Å²) in [6.45, 7) is 0.0107. The molecule has 7 heteroatoms. The molecule has 128 valence electrons. The molecule has 2 unspecified atom stereocenters. The number of carbonyl (C=O) groups is 1. The Kier molecular flexibility index (Phi) is 6.15. The lowest BCUT2D eigenvalue weighted by atomic mass is 9.96. The minimum Gasteiger partial charge on any atom is -0.491 e. The highest BCUT2D eigenvalue weighted by Crippen LogP contribution is 2.26. The highest BCUT2D eigenvalue weighted by molar-refractivity contribution is 5.89. The summed E-state index contributed by atoms with van der Waals surface area (Å²) < 4.78 is 31.8. The normalized spacial score (nSPS) is 21.4. The van der Waals surface area contributed by atoms with Crippen LogP contribution >= 0.6 is 0 Å². The minimum absolute atomic E-state index is 0.00692. The number of aliphatic hydroxyl groups is 1. The van der Waals surface area contributed by atoms with Gasteiger partial charge in [-0.2, -0.15) is 0 Å². The van der Waals surface area contributed by atoms with Gasteiger partial charge in [0.2, 0.25) is 0 Å². The van der Waals surface area contributed by atoms with Crippen molar-refractivity contribution in [3.8, 4) is 5.75 Å². The summed E-state index contributed by atoms with van der Waals surface area (Å²) in [5.74, 6) is -2.25. The number of halogens is 2. The predicted molar refractivity (Wildman–Crippen MR) is 82.5 cm³/mol. The first-order valence-electron chi connectivity index (χ1n) is 7.76. The molecule has 5 nitrogen and oxygen atoms in total. The maximum absolute atomic E-state index is 13.6. The number of methoxy groups -OCH3 is 1. The highest BCUT2D eigenvalue weighted by Gasteiger charge is 2.24. The van der Waals surface area contributed by atoms with Crippen LogP contribution in [0.3, 0.4) is 0 Å². The summed E-state index contributed by atoms with van der Waals surface area (Å²) in [5.41, 5.74) is 0.00692. The Labute approximate surface area is 134 Å². The molecule has 2 rings (SSSR count). The molecular weight excluding hydrogens is 306 g/mol. The number of amides is 2. The zero-order chi connectivity index (χ0) is 16.8. The fourth-order valence-electron chi connectivity index (χ4n) is 2.96. The van der Waals surface area contributed by atoms with Crippen LogP contribution in [0, 0.1) is 17.6 Å². The zero-order valence-corrected chi connectivity index (χ0v) is 13.1. The third kappa shape index (κ3) is 4.54. The smallest absolute Gasteiger partial charge is 0.319 e. The van der Waals surface area contributed by atoms with Gasteiger partial charge in [0.1, 0.15) is 0 Å². The molecule has 0 heterocycles. The van der Waals surface area contributed by atoms with Crippen molar-refractivity contribution in [2.75, 3.05) is 19.0 Å². The third-order valence-corrected chi connectivity index (χ3v) is 4.17. The van der Waals surface area contributed by atoms with E-state index in [1.54, 1.807) is 0 Å². The molecule has 0 radical (unpaired) electrons. The van der Waals surface area contributed by atoms with E-state index in [1.165, 1.54) is 7.11 Å². The van der Waals surface area contributed by atoms with Crippen LogP contribution in [-0.4, -0.2) is 30.9 Å².